The van der Waals surface area contributed by atoms with Crippen molar-refractivity contribution in [1.82, 2.24) is 19.5 Å². The molecule has 0 aromatic carbocycles. The highest BCUT2D eigenvalue weighted by Gasteiger charge is 2.49. The maximum atomic E-state index is 12.0. The third kappa shape index (κ3) is 5.93. The van der Waals surface area contributed by atoms with E-state index >= 15 is 0 Å². The highest BCUT2D eigenvalue weighted by molar-refractivity contribution is 7.66. The first-order chi connectivity index (χ1) is 15.0. The summed E-state index contributed by atoms with van der Waals surface area (Å²) in [7, 11) is -16.9. The molecule has 19 nitrogen and oxygen atoms in total. The van der Waals surface area contributed by atoms with E-state index in [4.69, 9.17) is 20.3 Å². The number of anilines is 1. The van der Waals surface area contributed by atoms with Gasteiger partial charge in [-0.05, 0) is 6.92 Å². The van der Waals surface area contributed by atoms with Crippen molar-refractivity contribution in [3.8, 4) is 0 Å². The summed E-state index contributed by atoms with van der Waals surface area (Å²) >= 11 is 0. The fraction of sp³-hybridized carbons (Fsp3) is 0.545. The lowest BCUT2D eigenvalue weighted by molar-refractivity contribution is -0.0755. The lowest BCUT2D eigenvalue weighted by atomic mass is 10.1. The number of fused-ring (bicyclic) bond motifs is 1. The highest BCUT2D eigenvalue weighted by atomic mass is 31.3. The van der Waals surface area contributed by atoms with Crippen molar-refractivity contribution >= 4 is 40.6 Å². The summed E-state index contributed by atoms with van der Waals surface area (Å²) < 4.78 is 52.4. The first kappa shape index (κ1) is 26.1. The van der Waals surface area contributed by atoms with E-state index in [2.05, 4.69) is 28.1 Å². The van der Waals surface area contributed by atoms with Crippen LogP contribution in [0, 0.1) is 0 Å². The second-order valence-corrected chi connectivity index (χ2v) is 11.0. The minimum absolute atomic E-state index is 0.117. The van der Waals surface area contributed by atoms with Crippen LogP contribution in [0.25, 0.3) is 11.2 Å². The maximum Gasteiger partial charge on any atom is 0.490 e. The van der Waals surface area contributed by atoms with Crippen LogP contribution in [0.4, 0.5) is 5.95 Å². The van der Waals surface area contributed by atoms with Crippen LogP contribution >= 0.6 is 23.5 Å². The summed E-state index contributed by atoms with van der Waals surface area (Å²) in [6.45, 7) is 1.05. The highest BCUT2D eigenvalue weighted by Crippen LogP contribution is 2.66. The molecule has 4 unspecified atom stereocenters. The quantitative estimate of drug-likeness (QED) is 0.170. The van der Waals surface area contributed by atoms with Gasteiger partial charge in [0.05, 0.1) is 12.4 Å². The number of aliphatic hydroxyl groups excluding tert-OH is 2. The summed E-state index contributed by atoms with van der Waals surface area (Å²) in [5.41, 5.74) is 4.51. The van der Waals surface area contributed by atoms with Crippen LogP contribution in [-0.2, 0) is 31.6 Å². The van der Waals surface area contributed by atoms with Gasteiger partial charge in [-0.1, -0.05) is 0 Å². The van der Waals surface area contributed by atoms with Gasteiger partial charge in [-0.15, -0.1) is 0 Å². The SMILES string of the molecule is C[C@H](OP(=O)(O)OP(=O)(O)OP(=O)(O)O)[C@H]1O[C@@H](n2cnc3c(=O)[nH]c(N)nc32)C(O)C1O. The van der Waals surface area contributed by atoms with E-state index < -0.39 is 59.7 Å². The average molecular weight is 537 g/mol. The number of H-pyrrole nitrogens is 1. The monoisotopic (exact) mass is 537 g/mol. The number of phosphoric acid groups is 3. The van der Waals surface area contributed by atoms with E-state index in [0.29, 0.717) is 0 Å². The number of hydrogen-bond donors (Lipinski definition) is 8. The molecule has 9 N–H and O–H groups in total. The van der Waals surface area contributed by atoms with Crippen molar-refractivity contribution in [2.75, 3.05) is 5.73 Å². The molecule has 1 aliphatic heterocycles. The molecule has 0 aliphatic carbocycles. The number of aliphatic hydroxyl groups is 2. The molecule has 33 heavy (non-hydrogen) atoms. The number of rotatable bonds is 8. The smallest absolute Gasteiger partial charge is 0.387 e. The number of aromatic amines is 1. The summed E-state index contributed by atoms with van der Waals surface area (Å²) in [5.74, 6) is -0.278. The number of phosphoric ester groups is 1. The zero-order valence-corrected chi connectivity index (χ0v) is 18.9. The van der Waals surface area contributed by atoms with Crippen molar-refractivity contribution in [2.45, 2.75) is 37.6 Å². The molecular weight excluding hydrogens is 519 g/mol. The molecule has 22 heteroatoms. The van der Waals surface area contributed by atoms with Gasteiger partial charge in [0.2, 0.25) is 5.95 Å². The van der Waals surface area contributed by atoms with Gasteiger partial charge in [-0.25, -0.2) is 18.7 Å². The molecule has 186 valence electrons. The van der Waals surface area contributed by atoms with Crippen LogP contribution in [0.2, 0.25) is 0 Å². The molecule has 1 aliphatic rings. The van der Waals surface area contributed by atoms with Gasteiger partial charge in [0.25, 0.3) is 5.56 Å². The van der Waals surface area contributed by atoms with Crippen LogP contribution < -0.4 is 11.3 Å². The van der Waals surface area contributed by atoms with Crippen molar-refractivity contribution in [3.63, 3.8) is 0 Å². The third-order valence-electron chi connectivity index (χ3n) is 4.18. The standard InChI is InChI=1S/C11H18N5O14P3/c1-3(28-32(23,24)30-33(25,26)29-31(20,21)22)7-5(17)6(18)10(27-7)16-2-13-4-8(16)14-11(12)15-9(4)19/h2-3,5-7,10,17-18H,1H3,(H,23,24)(H,25,26)(H2,20,21,22)(H3,12,14,15,19)/t3-,5?,6?,7+,10+/m0/s1. The largest absolute Gasteiger partial charge is 0.490 e. The van der Waals surface area contributed by atoms with Gasteiger partial charge in [0.1, 0.15) is 18.3 Å². The Morgan fingerprint density at radius 1 is 1.15 bits per heavy atom. The molecule has 3 rings (SSSR count). The molecule has 0 bridgehead atoms. The number of imidazole rings is 1. The maximum absolute atomic E-state index is 12.0. The number of nitrogens with two attached hydrogens (primary N) is 1. The first-order valence-corrected chi connectivity index (χ1v) is 13.1. The van der Waals surface area contributed by atoms with E-state index in [1.165, 1.54) is 0 Å². The predicted molar refractivity (Wildman–Crippen MR) is 103 cm³/mol. The fourth-order valence-electron chi connectivity index (χ4n) is 3.00. The van der Waals surface area contributed by atoms with E-state index in [-0.39, 0.29) is 17.1 Å². The topological polar surface area (TPSA) is 299 Å². The molecule has 0 spiro atoms. The van der Waals surface area contributed by atoms with Crippen LogP contribution in [0.1, 0.15) is 13.2 Å². The lowest BCUT2D eigenvalue weighted by Gasteiger charge is -2.24. The number of hydrogen-bond acceptors (Lipinski definition) is 13. The Hall–Kier alpha value is -1.56. The van der Waals surface area contributed by atoms with Crippen LogP contribution in [0.15, 0.2) is 11.1 Å². The normalized spacial score (nSPS) is 28.5. The number of nitrogens with zero attached hydrogens (tertiary/aromatic N) is 3. The van der Waals surface area contributed by atoms with Gasteiger partial charge in [0.15, 0.2) is 17.4 Å². The molecule has 1 saturated heterocycles. The molecule has 7 atom stereocenters. The Bertz CT molecular complexity index is 1240. The summed E-state index contributed by atoms with van der Waals surface area (Å²) in [6.07, 6.45) is -7.04. The predicted octanol–water partition coefficient (Wildman–Crippen LogP) is -1.95. The van der Waals surface area contributed by atoms with Gasteiger partial charge in [-0.3, -0.25) is 18.9 Å². The van der Waals surface area contributed by atoms with Crippen LogP contribution in [-0.4, -0.2) is 73.7 Å². The molecule has 1 fully saturated rings. The Morgan fingerprint density at radius 2 is 1.79 bits per heavy atom. The zero-order chi connectivity index (χ0) is 24.9. The van der Waals surface area contributed by atoms with Crippen molar-refractivity contribution in [1.29, 1.82) is 0 Å². The van der Waals surface area contributed by atoms with Gasteiger partial charge in [0, 0.05) is 0 Å². The van der Waals surface area contributed by atoms with Crippen LogP contribution in [0.5, 0.6) is 0 Å². The van der Waals surface area contributed by atoms with E-state index in [0.717, 1.165) is 17.8 Å². The molecule has 0 amide bonds. The van der Waals surface area contributed by atoms with E-state index in [1.54, 1.807) is 0 Å². The second kappa shape index (κ2) is 8.90. The Morgan fingerprint density at radius 3 is 2.39 bits per heavy atom. The van der Waals surface area contributed by atoms with Crippen LogP contribution in [0.3, 0.4) is 0 Å². The molecule has 2 aromatic rings. The average Bonchev–Trinajstić information content (AvgIpc) is 3.13. The van der Waals surface area contributed by atoms with Crippen molar-refractivity contribution in [3.05, 3.63) is 16.7 Å². The minimum Gasteiger partial charge on any atom is -0.387 e. The fourth-order valence-corrected chi connectivity index (χ4v) is 6.20. The summed E-state index contributed by atoms with van der Waals surface area (Å²) in [5, 5.41) is 20.7. The second-order valence-electron chi connectivity index (χ2n) is 6.65. The van der Waals surface area contributed by atoms with Gasteiger partial charge < -0.3 is 40.3 Å². The first-order valence-electron chi connectivity index (χ1n) is 8.56. The Balaban J connectivity index is 1.78. The molecular formula is C11H18N5O14P3. The minimum atomic E-state index is -5.76. The van der Waals surface area contributed by atoms with Gasteiger partial charge in [-0.2, -0.15) is 13.6 Å². The van der Waals surface area contributed by atoms with E-state index in [1.807, 2.05) is 0 Å². The molecule has 2 aromatic heterocycles. The van der Waals surface area contributed by atoms with Crippen molar-refractivity contribution < 1.29 is 61.4 Å². The Labute approximate surface area is 182 Å². The third-order valence-corrected chi connectivity index (χ3v) is 8.10. The number of ether oxygens (including phenoxy) is 1. The summed E-state index contributed by atoms with van der Waals surface area (Å²) in [6, 6.07) is 0. The molecule has 3 heterocycles. The Kier molecular flexibility index (Phi) is 7.03. The zero-order valence-electron chi connectivity index (χ0n) is 16.2. The number of nitrogens with one attached hydrogen (secondary N) is 1. The molecule has 0 radical (unpaired) electrons. The van der Waals surface area contributed by atoms with Crippen molar-refractivity contribution in [2.24, 2.45) is 0 Å². The van der Waals surface area contributed by atoms with Gasteiger partial charge >= 0.3 is 23.5 Å². The van der Waals surface area contributed by atoms with E-state index in [9.17, 15) is 38.5 Å². The lowest BCUT2D eigenvalue weighted by Crippen LogP contribution is -2.38. The molecule has 0 saturated carbocycles. The summed E-state index contributed by atoms with van der Waals surface area (Å²) in [4.78, 5) is 57.7. The number of aromatic nitrogens is 4. The number of nitrogen functional groups attached to an aromatic ring is 1.